The number of rotatable bonds is 3. The first kappa shape index (κ1) is 11.4. The third kappa shape index (κ3) is 2.36. The van der Waals surface area contributed by atoms with E-state index in [4.69, 9.17) is 9.47 Å². The number of halogens is 1. The number of hydrogen-bond acceptors (Lipinski definition) is 3. The van der Waals surface area contributed by atoms with Crippen molar-refractivity contribution in [3.05, 3.63) is 42.3 Å². The quantitative estimate of drug-likeness (QED) is 0.816. The maximum atomic E-state index is 12.8. The molecule has 2 rings (SSSR count). The summed E-state index contributed by atoms with van der Waals surface area (Å²) in [7, 11) is 3.11. The molecule has 1 aromatic carbocycles. The van der Waals surface area contributed by atoms with Crippen LogP contribution in [-0.2, 0) is 0 Å². The summed E-state index contributed by atoms with van der Waals surface area (Å²) in [6.45, 7) is 0. The van der Waals surface area contributed by atoms with Crippen molar-refractivity contribution in [3.63, 3.8) is 0 Å². The van der Waals surface area contributed by atoms with Gasteiger partial charge in [-0.3, -0.25) is 0 Å². The van der Waals surface area contributed by atoms with Crippen LogP contribution in [0.25, 0.3) is 11.1 Å². The Morgan fingerprint density at radius 3 is 2.35 bits per heavy atom. The Morgan fingerprint density at radius 1 is 1.06 bits per heavy atom. The molecule has 0 saturated heterocycles. The molecule has 0 saturated carbocycles. The smallest absolute Gasteiger partial charge is 0.216 e. The summed E-state index contributed by atoms with van der Waals surface area (Å²) in [6, 6.07) is 7.86. The van der Waals surface area contributed by atoms with Crippen molar-refractivity contribution in [1.29, 1.82) is 0 Å². The van der Waals surface area contributed by atoms with E-state index in [1.165, 1.54) is 12.1 Å². The van der Waals surface area contributed by atoms with Gasteiger partial charge in [0.2, 0.25) is 5.88 Å². The van der Waals surface area contributed by atoms with E-state index in [0.29, 0.717) is 11.6 Å². The number of pyridine rings is 1. The Hall–Kier alpha value is -2.10. The Labute approximate surface area is 98.8 Å². The molecule has 0 unspecified atom stereocenters. The van der Waals surface area contributed by atoms with Gasteiger partial charge < -0.3 is 9.47 Å². The van der Waals surface area contributed by atoms with Crippen LogP contribution in [0.4, 0.5) is 4.39 Å². The Morgan fingerprint density at radius 2 is 1.76 bits per heavy atom. The molecule has 0 N–H and O–H groups in total. The number of methoxy groups -OCH3 is 2. The first-order valence-corrected chi connectivity index (χ1v) is 5.08. The van der Waals surface area contributed by atoms with Crippen molar-refractivity contribution in [2.45, 2.75) is 0 Å². The molecule has 4 heteroatoms. The summed E-state index contributed by atoms with van der Waals surface area (Å²) in [5, 5.41) is 0. The molecule has 0 atom stereocenters. The fourth-order valence-electron chi connectivity index (χ4n) is 1.55. The molecule has 0 aliphatic heterocycles. The Balaban J connectivity index is 2.47. The maximum Gasteiger partial charge on any atom is 0.216 e. The van der Waals surface area contributed by atoms with Gasteiger partial charge >= 0.3 is 0 Å². The highest BCUT2D eigenvalue weighted by atomic mass is 19.1. The second-order valence-corrected chi connectivity index (χ2v) is 3.43. The van der Waals surface area contributed by atoms with Crippen molar-refractivity contribution < 1.29 is 13.9 Å². The fraction of sp³-hybridized carbons (Fsp3) is 0.154. The monoisotopic (exact) mass is 233 g/mol. The molecule has 0 aliphatic rings. The van der Waals surface area contributed by atoms with Gasteiger partial charge in [0, 0.05) is 17.8 Å². The number of ether oxygens (including phenoxy) is 2. The van der Waals surface area contributed by atoms with Crippen LogP contribution in [-0.4, -0.2) is 19.2 Å². The summed E-state index contributed by atoms with van der Waals surface area (Å²) >= 11 is 0. The van der Waals surface area contributed by atoms with E-state index in [1.807, 2.05) is 0 Å². The number of aromatic nitrogens is 1. The topological polar surface area (TPSA) is 31.4 Å². The van der Waals surface area contributed by atoms with E-state index < -0.39 is 0 Å². The Kier molecular flexibility index (Phi) is 3.23. The van der Waals surface area contributed by atoms with Crippen LogP contribution in [0.15, 0.2) is 36.5 Å². The van der Waals surface area contributed by atoms with Gasteiger partial charge in [0.25, 0.3) is 0 Å². The molecule has 1 aromatic heterocycles. The van der Waals surface area contributed by atoms with Gasteiger partial charge in [0.05, 0.1) is 14.2 Å². The highest BCUT2D eigenvalue weighted by Crippen LogP contribution is 2.31. The predicted molar refractivity (Wildman–Crippen MR) is 62.7 cm³/mol. The lowest BCUT2D eigenvalue weighted by atomic mass is 10.1. The zero-order chi connectivity index (χ0) is 12.3. The molecular formula is C13H12FNO2. The number of hydrogen-bond donors (Lipinski definition) is 0. The SMILES string of the molecule is COc1cc(OC)c(-c2ccc(F)cc2)cn1. The minimum atomic E-state index is -0.269. The van der Waals surface area contributed by atoms with Crippen LogP contribution in [0.3, 0.4) is 0 Å². The van der Waals surface area contributed by atoms with Crippen molar-refractivity contribution >= 4 is 0 Å². The van der Waals surface area contributed by atoms with Gasteiger partial charge in [-0.15, -0.1) is 0 Å². The summed E-state index contributed by atoms with van der Waals surface area (Å²) in [4.78, 5) is 4.11. The highest BCUT2D eigenvalue weighted by molar-refractivity contribution is 5.70. The Bertz CT molecular complexity index is 511. The third-order valence-electron chi connectivity index (χ3n) is 2.43. The van der Waals surface area contributed by atoms with E-state index in [9.17, 15) is 4.39 Å². The molecule has 0 aliphatic carbocycles. The minimum absolute atomic E-state index is 0.269. The summed E-state index contributed by atoms with van der Waals surface area (Å²) in [6.07, 6.45) is 1.64. The van der Waals surface area contributed by atoms with E-state index in [2.05, 4.69) is 4.98 Å². The summed E-state index contributed by atoms with van der Waals surface area (Å²) < 4.78 is 23.1. The molecule has 3 nitrogen and oxygen atoms in total. The van der Waals surface area contributed by atoms with Gasteiger partial charge in [-0.05, 0) is 17.7 Å². The van der Waals surface area contributed by atoms with Crippen LogP contribution in [0, 0.1) is 5.82 Å². The van der Waals surface area contributed by atoms with Gasteiger partial charge in [-0.2, -0.15) is 0 Å². The second kappa shape index (κ2) is 4.82. The van der Waals surface area contributed by atoms with Crippen molar-refractivity contribution in [2.24, 2.45) is 0 Å². The first-order valence-electron chi connectivity index (χ1n) is 5.08. The van der Waals surface area contributed by atoms with Crippen molar-refractivity contribution in [1.82, 2.24) is 4.98 Å². The normalized spacial score (nSPS) is 10.1. The van der Waals surface area contributed by atoms with Crippen LogP contribution in [0.1, 0.15) is 0 Å². The predicted octanol–water partition coefficient (Wildman–Crippen LogP) is 2.90. The van der Waals surface area contributed by atoms with E-state index >= 15 is 0 Å². The first-order chi connectivity index (χ1) is 8.24. The van der Waals surface area contributed by atoms with Crippen molar-refractivity contribution in [2.75, 3.05) is 14.2 Å². The van der Waals surface area contributed by atoms with E-state index in [-0.39, 0.29) is 5.82 Å². The fourth-order valence-corrected chi connectivity index (χ4v) is 1.55. The molecular weight excluding hydrogens is 221 g/mol. The van der Waals surface area contributed by atoms with Crippen LogP contribution < -0.4 is 9.47 Å². The molecule has 17 heavy (non-hydrogen) atoms. The lowest BCUT2D eigenvalue weighted by molar-refractivity contribution is 0.383. The molecule has 88 valence electrons. The molecule has 1 heterocycles. The molecule has 0 bridgehead atoms. The van der Waals surface area contributed by atoms with Gasteiger partial charge in [-0.1, -0.05) is 12.1 Å². The zero-order valence-corrected chi connectivity index (χ0v) is 9.61. The molecule has 0 radical (unpaired) electrons. The molecule has 0 fully saturated rings. The van der Waals surface area contributed by atoms with E-state index in [1.54, 1.807) is 38.6 Å². The third-order valence-corrected chi connectivity index (χ3v) is 2.43. The summed E-state index contributed by atoms with van der Waals surface area (Å²) in [5.41, 5.74) is 1.65. The number of benzene rings is 1. The zero-order valence-electron chi connectivity index (χ0n) is 9.61. The second-order valence-electron chi connectivity index (χ2n) is 3.43. The lowest BCUT2D eigenvalue weighted by Gasteiger charge is -2.09. The highest BCUT2D eigenvalue weighted by Gasteiger charge is 2.08. The van der Waals surface area contributed by atoms with Crippen LogP contribution >= 0.6 is 0 Å². The number of nitrogens with zero attached hydrogens (tertiary/aromatic N) is 1. The van der Waals surface area contributed by atoms with Gasteiger partial charge in [-0.25, -0.2) is 9.37 Å². The lowest BCUT2D eigenvalue weighted by Crippen LogP contribution is -1.93. The van der Waals surface area contributed by atoms with E-state index in [0.717, 1.165) is 11.1 Å². The largest absolute Gasteiger partial charge is 0.496 e. The van der Waals surface area contributed by atoms with Crippen molar-refractivity contribution in [3.8, 4) is 22.8 Å². The van der Waals surface area contributed by atoms with Crippen LogP contribution in [0.2, 0.25) is 0 Å². The van der Waals surface area contributed by atoms with Gasteiger partial charge in [0.1, 0.15) is 11.6 Å². The minimum Gasteiger partial charge on any atom is -0.496 e. The molecule has 0 amide bonds. The standard InChI is InChI=1S/C13H12FNO2/c1-16-12-7-13(17-2)15-8-11(12)9-3-5-10(14)6-4-9/h3-8H,1-2H3. The van der Waals surface area contributed by atoms with Crippen LogP contribution in [0.5, 0.6) is 11.6 Å². The maximum absolute atomic E-state index is 12.8. The summed E-state index contributed by atoms with van der Waals surface area (Å²) in [5.74, 6) is 0.852. The average molecular weight is 233 g/mol. The van der Waals surface area contributed by atoms with Gasteiger partial charge in [0.15, 0.2) is 0 Å². The average Bonchev–Trinajstić information content (AvgIpc) is 2.39. The molecule has 2 aromatic rings. The molecule has 0 spiro atoms.